The minimum absolute atomic E-state index is 0.0373. The molecule has 2 aromatic heterocycles. The summed E-state index contributed by atoms with van der Waals surface area (Å²) in [5, 5.41) is 9.80. The number of hydrogen-bond donors (Lipinski definition) is 1. The van der Waals surface area contributed by atoms with Crippen LogP contribution < -0.4 is 10.2 Å². The normalized spacial score (nSPS) is 11.7. The minimum atomic E-state index is -2.89. The van der Waals surface area contributed by atoms with Gasteiger partial charge in [-0.3, -0.25) is 9.78 Å². The monoisotopic (exact) mass is 435 g/mol. The van der Waals surface area contributed by atoms with Gasteiger partial charge in [0.1, 0.15) is 18.6 Å². The van der Waals surface area contributed by atoms with Crippen molar-refractivity contribution in [2.24, 2.45) is 0 Å². The zero-order chi connectivity index (χ0) is 21.6. The number of unbranched alkanes of at least 4 members (excludes halogenated alkanes) is 2. The number of halogens is 2. The molecule has 0 saturated heterocycles. The Kier molecular flexibility index (Phi) is 7.44. The lowest BCUT2D eigenvalue weighted by Gasteiger charge is -2.12. The number of pyridine rings is 1. The van der Waals surface area contributed by atoms with E-state index in [-0.39, 0.29) is 29.1 Å². The van der Waals surface area contributed by atoms with Gasteiger partial charge in [0.2, 0.25) is 11.2 Å². The smallest absolute Gasteiger partial charge is 0.270 e. The Morgan fingerprint density at radius 1 is 1.20 bits per heavy atom. The number of hydrogen-bond acceptors (Lipinski definition) is 6. The molecule has 1 N–H and O–H groups in total. The van der Waals surface area contributed by atoms with E-state index in [0.29, 0.717) is 12.1 Å². The molecule has 0 unspecified atom stereocenters. The van der Waals surface area contributed by atoms with E-state index in [2.05, 4.69) is 4.98 Å². The van der Waals surface area contributed by atoms with Gasteiger partial charge in [0.05, 0.1) is 12.1 Å². The number of aromatic nitrogens is 1. The molecule has 0 saturated carbocycles. The number of thioether (sulfide) groups is 1. The lowest BCUT2D eigenvalue weighted by molar-refractivity contribution is 0.0176. The summed E-state index contributed by atoms with van der Waals surface area (Å²) in [5.74, 6) is -1.67. The number of alkyl halides is 2. The van der Waals surface area contributed by atoms with Crippen molar-refractivity contribution in [2.75, 3.05) is 12.4 Å². The first kappa shape index (κ1) is 22.2. The highest BCUT2D eigenvalue weighted by atomic mass is 32.2. The van der Waals surface area contributed by atoms with Crippen molar-refractivity contribution in [1.29, 1.82) is 0 Å². The third kappa shape index (κ3) is 5.79. The van der Waals surface area contributed by atoms with Crippen molar-refractivity contribution in [1.82, 2.24) is 4.98 Å². The van der Waals surface area contributed by atoms with Gasteiger partial charge >= 0.3 is 0 Å². The molecule has 0 aliphatic carbocycles. The van der Waals surface area contributed by atoms with Gasteiger partial charge in [-0.15, -0.1) is 11.8 Å². The SMILES string of the molecule is CC(F)(F)c1ccc2c(SCCCCCOc3coc(CO)cc3=O)ccnc2c1. The molecular formula is C22H23F2NO4S. The highest BCUT2D eigenvalue weighted by Gasteiger charge is 2.24. The fraction of sp³-hybridized carbons (Fsp3) is 0.364. The zero-order valence-electron chi connectivity index (χ0n) is 16.6. The average Bonchev–Trinajstić information content (AvgIpc) is 2.73. The number of aliphatic hydroxyl groups is 1. The van der Waals surface area contributed by atoms with Crippen LogP contribution in [0.4, 0.5) is 8.78 Å². The van der Waals surface area contributed by atoms with Gasteiger partial charge in [0, 0.05) is 35.0 Å². The van der Waals surface area contributed by atoms with Crippen molar-refractivity contribution in [3.8, 4) is 5.75 Å². The lowest BCUT2D eigenvalue weighted by atomic mass is 10.1. The molecule has 30 heavy (non-hydrogen) atoms. The molecule has 0 aliphatic heterocycles. The molecule has 8 heteroatoms. The molecule has 0 radical (unpaired) electrons. The van der Waals surface area contributed by atoms with Crippen LogP contribution in [0.15, 0.2) is 56.9 Å². The van der Waals surface area contributed by atoms with E-state index in [9.17, 15) is 13.6 Å². The maximum absolute atomic E-state index is 13.5. The van der Waals surface area contributed by atoms with E-state index in [1.54, 1.807) is 24.0 Å². The standard InChI is InChI=1S/C22H23F2NO4S/c1-22(23,24)15-5-6-17-18(11-15)25-8-7-21(17)30-10-4-2-3-9-28-20-14-29-16(13-26)12-19(20)27/h5-8,11-12,14,26H,2-4,9-10,13H2,1H3. The van der Waals surface area contributed by atoms with Crippen LogP contribution >= 0.6 is 11.8 Å². The number of rotatable bonds is 10. The predicted octanol–water partition coefficient (Wildman–Crippen LogP) is 5.13. The quantitative estimate of drug-likeness (QED) is 0.351. The Morgan fingerprint density at radius 3 is 2.77 bits per heavy atom. The van der Waals surface area contributed by atoms with Crippen LogP contribution in [0.25, 0.3) is 10.9 Å². The Labute approximate surface area is 177 Å². The van der Waals surface area contributed by atoms with E-state index < -0.39 is 5.92 Å². The topological polar surface area (TPSA) is 72.6 Å². The van der Waals surface area contributed by atoms with Crippen LogP contribution in [0.5, 0.6) is 5.75 Å². The highest BCUT2D eigenvalue weighted by Crippen LogP contribution is 2.32. The van der Waals surface area contributed by atoms with Gasteiger partial charge in [-0.1, -0.05) is 12.1 Å². The van der Waals surface area contributed by atoms with E-state index in [1.165, 1.54) is 24.5 Å². The van der Waals surface area contributed by atoms with Crippen molar-refractivity contribution in [3.05, 3.63) is 64.3 Å². The van der Waals surface area contributed by atoms with Crippen LogP contribution in [0.3, 0.4) is 0 Å². The molecule has 1 aromatic carbocycles. The molecular weight excluding hydrogens is 412 g/mol. The first-order valence-corrected chi connectivity index (χ1v) is 10.6. The van der Waals surface area contributed by atoms with Crippen LogP contribution in [-0.4, -0.2) is 22.5 Å². The maximum atomic E-state index is 13.5. The van der Waals surface area contributed by atoms with E-state index in [4.69, 9.17) is 14.3 Å². The van der Waals surface area contributed by atoms with Crippen LogP contribution in [0.2, 0.25) is 0 Å². The van der Waals surface area contributed by atoms with Gasteiger partial charge in [0.25, 0.3) is 5.92 Å². The molecule has 3 rings (SSSR count). The number of ether oxygens (including phenoxy) is 1. The average molecular weight is 435 g/mol. The second kappa shape index (κ2) is 10.0. The van der Waals surface area contributed by atoms with E-state index in [1.807, 2.05) is 6.07 Å². The Morgan fingerprint density at radius 2 is 2.03 bits per heavy atom. The number of benzene rings is 1. The molecule has 5 nitrogen and oxygen atoms in total. The molecule has 0 fully saturated rings. The summed E-state index contributed by atoms with van der Waals surface area (Å²) in [7, 11) is 0. The summed E-state index contributed by atoms with van der Waals surface area (Å²) in [6.45, 7) is 0.958. The first-order chi connectivity index (χ1) is 14.4. The molecule has 3 aromatic rings. The zero-order valence-corrected chi connectivity index (χ0v) is 17.4. The van der Waals surface area contributed by atoms with Gasteiger partial charge in [0.15, 0.2) is 0 Å². The second-order valence-corrected chi connectivity index (χ2v) is 8.06. The second-order valence-electron chi connectivity index (χ2n) is 6.92. The molecule has 0 amide bonds. The summed E-state index contributed by atoms with van der Waals surface area (Å²) in [6, 6.07) is 7.72. The summed E-state index contributed by atoms with van der Waals surface area (Å²) in [6.07, 6.45) is 5.51. The fourth-order valence-electron chi connectivity index (χ4n) is 2.89. The van der Waals surface area contributed by atoms with E-state index in [0.717, 1.165) is 42.2 Å². The van der Waals surface area contributed by atoms with Crippen molar-refractivity contribution in [2.45, 2.75) is 43.6 Å². The number of aliphatic hydroxyl groups excluding tert-OH is 1. The van der Waals surface area contributed by atoms with Crippen molar-refractivity contribution < 1.29 is 23.0 Å². The Balaban J connectivity index is 1.44. The van der Waals surface area contributed by atoms with Crippen molar-refractivity contribution in [3.63, 3.8) is 0 Å². The molecule has 0 aliphatic rings. The van der Waals surface area contributed by atoms with Gasteiger partial charge in [-0.2, -0.15) is 0 Å². The lowest BCUT2D eigenvalue weighted by Crippen LogP contribution is -2.09. The van der Waals surface area contributed by atoms with Gasteiger partial charge in [-0.05, 0) is 37.1 Å². The maximum Gasteiger partial charge on any atom is 0.270 e. The molecule has 160 valence electrons. The molecule has 0 atom stereocenters. The minimum Gasteiger partial charge on any atom is -0.487 e. The summed E-state index contributed by atoms with van der Waals surface area (Å²) >= 11 is 1.67. The van der Waals surface area contributed by atoms with Crippen LogP contribution in [-0.2, 0) is 12.5 Å². The van der Waals surface area contributed by atoms with Gasteiger partial charge in [-0.25, -0.2) is 8.78 Å². The molecule has 0 spiro atoms. The Hall–Kier alpha value is -2.45. The third-order valence-electron chi connectivity index (χ3n) is 4.52. The highest BCUT2D eigenvalue weighted by molar-refractivity contribution is 7.99. The summed E-state index contributed by atoms with van der Waals surface area (Å²) in [4.78, 5) is 17.0. The predicted molar refractivity (Wildman–Crippen MR) is 112 cm³/mol. The largest absolute Gasteiger partial charge is 0.487 e. The number of fused-ring (bicyclic) bond motifs is 1. The van der Waals surface area contributed by atoms with Crippen LogP contribution in [0.1, 0.15) is 37.5 Å². The van der Waals surface area contributed by atoms with Crippen LogP contribution in [0, 0.1) is 0 Å². The molecule has 2 heterocycles. The summed E-state index contributed by atoms with van der Waals surface area (Å²) in [5.41, 5.74) is 0.220. The summed E-state index contributed by atoms with van der Waals surface area (Å²) < 4.78 is 37.5. The third-order valence-corrected chi connectivity index (χ3v) is 5.68. The van der Waals surface area contributed by atoms with Gasteiger partial charge < -0.3 is 14.3 Å². The first-order valence-electron chi connectivity index (χ1n) is 9.64. The van der Waals surface area contributed by atoms with E-state index >= 15 is 0 Å². The molecule has 0 bridgehead atoms. The Bertz CT molecular complexity index is 1050. The number of nitrogens with zero attached hydrogens (tertiary/aromatic N) is 1. The van der Waals surface area contributed by atoms with Crippen molar-refractivity contribution >= 4 is 22.7 Å². The fourth-order valence-corrected chi connectivity index (χ4v) is 3.95.